The Kier molecular flexibility index (Phi) is 5.23. The van der Waals surface area contributed by atoms with Crippen LogP contribution in [0.3, 0.4) is 0 Å². The van der Waals surface area contributed by atoms with Crippen LogP contribution < -0.4 is 4.74 Å². The molecule has 2 aromatic carbocycles. The van der Waals surface area contributed by atoms with Crippen LogP contribution in [0, 0.1) is 17.8 Å². The number of phenolic OH excluding ortho intramolecular Hbond substituents is 1. The molecule has 0 spiro atoms. The van der Waals surface area contributed by atoms with Gasteiger partial charge < -0.3 is 9.84 Å². The van der Waals surface area contributed by atoms with Gasteiger partial charge in [-0.25, -0.2) is 0 Å². The molecule has 1 aliphatic carbocycles. The molecule has 1 fully saturated rings. The van der Waals surface area contributed by atoms with Crippen molar-refractivity contribution in [3.8, 4) is 11.5 Å². The highest BCUT2D eigenvalue weighted by molar-refractivity contribution is 5.94. The zero-order chi connectivity index (χ0) is 19.1. The molecule has 2 nitrogen and oxygen atoms in total. The first-order valence-electron chi connectivity index (χ1n) is 10.1. The summed E-state index contributed by atoms with van der Waals surface area (Å²) in [7, 11) is 0. The lowest BCUT2D eigenvalue weighted by Gasteiger charge is -2.38. The molecule has 2 heteroatoms. The number of ether oxygens (including phenoxy) is 1. The van der Waals surface area contributed by atoms with Crippen LogP contribution in [0.15, 0.2) is 30.3 Å². The number of fused-ring (bicyclic) bond motifs is 1. The predicted molar refractivity (Wildman–Crippen MR) is 110 cm³/mol. The molecule has 3 atom stereocenters. The Morgan fingerprint density at radius 2 is 1.73 bits per heavy atom. The summed E-state index contributed by atoms with van der Waals surface area (Å²) < 4.78 is 6.69. The third-order valence-electron chi connectivity index (χ3n) is 6.03. The average molecular weight is 355 g/mol. The number of rotatable bonds is 3. The van der Waals surface area contributed by atoms with Crippen LogP contribution >= 0.6 is 0 Å². The van der Waals surface area contributed by atoms with Crippen LogP contribution in [0.25, 0.3) is 10.8 Å². The van der Waals surface area contributed by atoms with E-state index in [2.05, 4.69) is 53.7 Å². The van der Waals surface area contributed by atoms with Crippen LogP contribution in [-0.2, 0) is 5.41 Å². The number of hydrogen-bond acceptors (Lipinski definition) is 2. The van der Waals surface area contributed by atoms with Gasteiger partial charge in [0.1, 0.15) is 17.6 Å². The molecular formula is C24H34O2. The van der Waals surface area contributed by atoms with Gasteiger partial charge in [0.05, 0.1) is 0 Å². The van der Waals surface area contributed by atoms with Crippen molar-refractivity contribution in [1.82, 2.24) is 0 Å². The first-order chi connectivity index (χ1) is 12.2. The Balaban J connectivity index is 2.07. The van der Waals surface area contributed by atoms with Crippen molar-refractivity contribution in [3.63, 3.8) is 0 Å². The maximum atomic E-state index is 10.8. The zero-order valence-electron chi connectivity index (χ0n) is 17.2. The number of hydrogen-bond donors (Lipinski definition) is 1. The average Bonchev–Trinajstić information content (AvgIpc) is 2.56. The quantitative estimate of drug-likeness (QED) is 0.666. The molecule has 1 aliphatic rings. The summed E-state index contributed by atoms with van der Waals surface area (Å²) in [4.78, 5) is 0. The lowest BCUT2D eigenvalue weighted by atomic mass is 9.75. The van der Waals surface area contributed by atoms with E-state index in [-0.39, 0.29) is 11.5 Å². The molecule has 0 amide bonds. The van der Waals surface area contributed by atoms with Gasteiger partial charge in [-0.3, -0.25) is 0 Å². The summed E-state index contributed by atoms with van der Waals surface area (Å²) in [6.45, 7) is 13.4. The molecule has 0 bridgehead atoms. The Bertz CT molecular complexity index is 770. The van der Waals surface area contributed by atoms with E-state index in [9.17, 15) is 5.11 Å². The summed E-state index contributed by atoms with van der Waals surface area (Å²) >= 11 is 0. The first kappa shape index (κ1) is 19.1. The van der Waals surface area contributed by atoms with E-state index in [4.69, 9.17) is 4.74 Å². The Hall–Kier alpha value is -1.70. The Morgan fingerprint density at radius 1 is 1.08 bits per heavy atom. The largest absolute Gasteiger partial charge is 0.507 e. The number of phenols is 1. The smallest absolute Gasteiger partial charge is 0.128 e. The van der Waals surface area contributed by atoms with Crippen molar-refractivity contribution in [2.24, 2.45) is 17.8 Å². The van der Waals surface area contributed by atoms with Crippen LogP contribution in [0.2, 0.25) is 0 Å². The molecule has 0 aromatic heterocycles. The van der Waals surface area contributed by atoms with Gasteiger partial charge in [0.2, 0.25) is 0 Å². The highest BCUT2D eigenvalue weighted by Crippen LogP contribution is 2.43. The van der Waals surface area contributed by atoms with Gasteiger partial charge in [-0.15, -0.1) is 0 Å². The molecule has 142 valence electrons. The van der Waals surface area contributed by atoms with E-state index in [1.54, 1.807) is 0 Å². The molecule has 26 heavy (non-hydrogen) atoms. The second kappa shape index (κ2) is 7.13. The zero-order valence-corrected chi connectivity index (χ0v) is 17.2. The Labute approximate surface area is 158 Å². The molecule has 2 aromatic rings. The standard InChI is InChI=1S/C24H34O2/c1-15(2)17-12-11-16(3)13-21(17)26-22-14-20(24(4,5)6)23(25)19-10-8-7-9-18(19)22/h7-10,14-17,21,25H,11-13H2,1-6H3/t16-,17+,21-/m1/s1. The van der Waals surface area contributed by atoms with Crippen LogP contribution in [0.1, 0.15) is 66.4 Å². The second-order valence-corrected chi connectivity index (χ2v) is 9.55. The SMILES string of the molecule is CC(C)[C@@H]1CC[C@@H](C)C[C@H]1Oc1cc(C(C)(C)C)c(O)c2ccccc12. The number of benzene rings is 2. The van der Waals surface area contributed by atoms with Gasteiger partial charge in [0.25, 0.3) is 0 Å². The van der Waals surface area contributed by atoms with Crippen molar-refractivity contribution >= 4 is 10.8 Å². The summed E-state index contributed by atoms with van der Waals surface area (Å²) in [5.41, 5.74) is 0.819. The van der Waals surface area contributed by atoms with Crippen molar-refractivity contribution in [2.45, 2.75) is 72.3 Å². The van der Waals surface area contributed by atoms with Crippen LogP contribution in [0.4, 0.5) is 0 Å². The fourth-order valence-electron chi connectivity index (χ4n) is 4.41. The molecular weight excluding hydrogens is 320 g/mol. The summed E-state index contributed by atoms with van der Waals surface area (Å²) in [6.07, 6.45) is 3.90. The molecule has 1 N–H and O–H groups in total. The molecule has 0 aliphatic heterocycles. The van der Waals surface area contributed by atoms with Crippen molar-refractivity contribution in [3.05, 3.63) is 35.9 Å². The minimum absolute atomic E-state index is 0.135. The van der Waals surface area contributed by atoms with E-state index in [0.717, 1.165) is 28.5 Å². The molecule has 0 radical (unpaired) electrons. The van der Waals surface area contributed by atoms with E-state index >= 15 is 0 Å². The fourth-order valence-corrected chi connectivity index (χ4v) is 4.41. The highest BCUT2D eigenvalue weighted by atomic mass is 16.5. The fraction of sp³-hybridized carbons (Fsp3) is 0.583. The van der Waals surface area contributed by atoms with Gasteiger partial charge in [-0.2, -0.15) is 0 Å². The summed E-state index contributed by atoms with van der Waals surface area (Å²) in [6, 6.07) is 10.1. The maximum absolute atomic E-state index is 10.8. The summed E-state index contributed by atoms with van der Waals surface area (Å²) in [5, 5.41) is 12.7. The molecule has 0 unspecified atom stereocenters. The first-order valence-corrected chi connectivity index (χ1v) is 10.1. The number of aromatic hydroxyl groups is 1. The molecule has 0 heterocycles. The molecule has 1 saturated carbocycles. The van der Waals surface area contributed by atoms with Crippen molar-refractivity contribution in [1.29, 1.82) is 0 Å². The van der Waals surface area contributed by atoms with E-state index in [1.165, 1.54) is 12.8 Å². The second-order valence-electron chi connectivity index (χ2n) is 9.55. The monoisotopic (exact) mass is 354 g/mol. The highest BCUT2D eigenvalue weighted by Gasteiger charge is 2.33. The van der Waals surface area contributed by atoms with E-state index in [0.29, 0.717) is 23.5 Å². The predicted octanol–water partition coefficient (Wildman–Crippen LogP) is 6.68. The normalized spacial score (nSPS) is 24.2. The topological polar surface area (TPSA) is 29.5 Å². The minimum Gasteiger partial charge on any atom is -0.507 e. The minimum atomic E-state index is -0.135. The van der Waals surface area contributed by atoms with Gasteiger partial charge in [0.15, 0.2) is 0 Å². The lowest BCUT2D eigenvalue weighted by Crippen LogP contribution is -2.36. The molecule has 3 rings (SSSR count). The third kappa shape index (κ3) is 3.70. The van der Waals surface area contributed by atoms with Gasteiger partial charge in [-0.1, -0.05) is 72.2 Å². The van der Waals surface area contributed by atoms with Gasteiger partial charge in [-0.05, 0) is 42.1 Å². The van der Waals surface area contributed by atoms with Gasteiger partial charge >= 0.3 is 0 Å². The van der Waals surface area contributed by atoms with Crippen LogP contribution in [-0.4, -0.2) is 11.2 Å². The third-order valence-corrected chi connectivity index (χ3v) is 6.03. The Morgan fingerprint density at radius 3 is 2.35 bits per heavy atom. The molecule has 0 saturated heterocycles. The van der Waals surface area contributed by atoms with Crippen molar-refractivity contribution in [2.75, 3.05) is 0 Å². The maximum Gasteiger partial charge on any atom is 0.128 e. The van der Waals surface area contributed by atoms with Crippen LogP contribution in [0.5, 0.6) is 11.5 Å². The summed E-state index contributed by atoms with van der Waals surface area (Å²) in [5.74, 6) is 3.24. The lowest BCUT2D eigenvalue weighted by molar-refractivity contribution is 0.0470. The van der Waals surface area contributed by atoms with E-state index in [1.807, 2.05) is 18.2 Å². The van der Waals surface area contributed by atoms with Gasteiger partial charge in [0, 0.05) is 16.3 Å². The van der Waals surface area contributed by atoms with Crippen molar-refractivity contribution < 1.29 is 9.84 Å². The van der Waals surface area contributed by atoms with E-state index < -0.39 is 0 Å².